The summed E-state index contributed by atoms with van der Waals surface area (Å²) in [5.74, 6) is 0.0217. The molecular weight excluding hydrogens is 330 g/mol. The third kappa shape index (κ3) is 3.01. The van der Waals surface area contributed by atoms with Crippen LogP contribution >= 0.6 is 11.3 Å². The van der Waals surface area contributed by atoms with E-state index in [9.17, 15) is 4.79 Å². The first-order valence-electron chi connectivity index (χ1n) is 8.43. The maximum Gasteiger partial charge on any atom is 0.254 e. The molecule has 4 rings (SSSR count). The predicted octanol–water partition coefficient (Wildman–Crippen LogP) is 4.54. The van der Waals surface area contributed by atoms with Crippen LogP contribution in [-0.4, -0.2) is 22.3 Å². The Morgan fingerprint density at radius 1 is 1.16 bits per heavy atom. The smallest absolute Gasteiger partial charge is 0.254 e. The van der Waals surface area contributed by atoms with Crippen LogP contribution in [-0.2, 0) is 0 Å². The van der Waals surface area contributed by atoms with Crippen molar-refractivity contribution >= 4 is 27.5 Å². The van der Waals surface area contributed by atoms with E-state index >= 15 is 0 Å². The molecule has 25 heavy (non-hydrogen) atoms. The SMILES string of the molecule is N#Cc1ccc(C(=O)N2CCCCC2c2nc3ccccc3s2)cc1. The van der Waals surface area contributed by atoms with Gasteiger partial charge in [-0.2, -0.15) is 5.26 Å². The number of rotatable bonds is 2. The molecule has 1 aromatic heterocycles. The van der Waals surface area contributed by atoms with Gasteiger partial charge >= 0.3 is 0 Å². The fourth-order valence-electron chi connectivity index (χ4n) is 3.32. The van der Waals surface area contributed by atoms with Crippen molar-refractivity contribution < 1.29 is 4.79 Å². The van der Waals surface area contributed by atoms with E-state index in [0.29, 0.717) is 11.1 Å². The monoisotopic (exact) mass is 347 g/mol. The Labute approximate surface area is 150 Å². The Morgan fingerprint density at radius 2 is 1.96 bits per heavy atom. The lowest BCUT2D eigenvalue weighted by molar-refractivity contribution is 0.0611. The highest BCUT2D eigenvalue weighted by atomic mass is 32.1. The van der Waals surface area contributed by atoms with Crippen LogP contribution in [0, 0.1) is 11.3 Å². The van der Waals surface area contributed by atoms with Gasteiger partial charge in [0.25, 0.3) is 5.91 Å². The molecule has 2 heterocycles. The van der Waals surface area contributed by atoms with Crippen molar-refractivity contribution in [3.8, 4) is 6.07 Å². The number of thiazole rings is 1. The molecule has 1 fully saturated rings. The molecule has 0 N–H and O–H groups in total. The lowest BCUT2D eigenvalue weighted by Gasteiger charge is -2.34. The first kappa shape index (κ1) is 15.8. The zero-order chi connectivity index (χ0) is 17.2. The number of likely N-dealkylation sites (tertiary alicyclic amines) is 1. The number of benzene rings is 2. The van der Waals surface area contributed by atoms with Gasteiger partial charge in [-0.05, 0) is 55.7 Å². The topological polar surface area (TPSA) is 57.0 Å². The minimum absolute atomic E-state index is 0.0217. The predicted molar refractivity (Wildman–Crippen MR) is 98.4 cm³/mol. The van der Waals surface area contributed by atoms with E-state index in [0.717, 1.165) is 41.0 Å². The van der Waals surface area contributed by atoms with Gasteiger partial charge in [0, 0.05) is 12.1 Å². The van der Waals surface area contributed by atoms with Gasteiger partial charge in [-0.1, -0.05) is 12.1 Å². The summed E-state index contributed by atoms with van der Waals surface area (Å²) in [6, 6.07) is 17.1. The minimum atomic E-state index is 0.0217. The number of piperidine rings is 1. The number of para-hydroxylation sites is 1. The number of fused-ring (bicyclic) bond motifs is 1. The summed E-state index contributed by atoms with van der Waals surface area (Å²) in [5.41, 5.74) is 2.20. The summed E-state index contributed by atoms with van der Waals surface area (Å²) in [4.78, 5) is 19.7. The van der Waals surface area contributed by atoms with Gasteiger partial charge < -0.3 is 4.90 Å². The first-order valence-corrected chi connectivity index (χ1v) is 9.24. The molecule has 0 aliphatic carbocycles. The fourth-order valence-corrected chi connectivity index (χ4v) is 4.43. The van der Waals surface area contributed by atoms with Crippen molar-refractivity contribution in [3.05, 3.63) is 64.7 Å². The Balaban J connectivity index is 1.66. The number of hydrogen-bond donors (Lipinski definition) is 0. The van der Waals surface area contributed by atoms with Crippen molar-refractivity contribution in [1.29, 1.82) is 5.26 Å². The normalized spacial score (nSPS) is 17.4. The van der Waals surface area contributed by atoms with Crippen LogP contribution in [0.5, 0.6) is 0 Å². The van der Waals surface area contributed by atoms with E-state index < -0.39 is 0 Å². The minimum Gasteiger partial charge on any atom is -0.329 e. The fraction of sp³-hybridized carbons (Fsp3) is 0.250. The van der Waals surface area contributed by atoms with Gasteiger partial charge in [0.1, 0.15) is 5.01 Å². The molecule has 4 nitrogen and oxygen atoms in total. The zero-order valence-electron chi connectivity index (χ0n) is 13.7. The van der Waals surface area contributed by atoms with Gasteiger partial charge in [0.2, 0.25) is 0 Å². The van der Waals surface area contributed by atoms with Crippen LogP contribution in [0.25, 0.3) is 10.2 Å². The van der Waals surface area contributed by atoms with Crippen molar-refractivity contribution in [1.82, 2.24) is 9.88 Å². The van der Waals surface area contributed by atoms with Crippen molar-refractivity contribution in [2.24, 2.45) is 0 Å². The van der Waals surface area contributed by atoms with Crippen LogP contribution in [0.15, 0.2) is 48.5 Å². The molecule has 1 aliphatic heterocycles. The van der Waals surface area contributed by atoms with Gasteiger partial charge in [0.05, 0.1) is 27.9 Å². The molecule has 1 aliphatic rings. The molecule has 0 radical (unpaired) electrons. The number of carbonyl (C=O) groups excluding carboxylic acids is 1. The van der Waals surface area contributed by atoms with Crippen LogP contribution < -0.4 is 0 Å². The van der Waals surface area contributed by atoms with Gasteiger partial charge in [-0.25, -0.2) is 4.98 Å². The number of amides is 1. The highest BCUT2D eigenvalue weighted by Gasteiger charge is 2.30. The summed E-state index contributed by atoms with van der Waals surface area (Å²) in [6.07, 6.45) is 3.07. The maximum absolute atomic E-state index is 13.0. The highest BCUT2D eigenvalue weighted by Crippen LogP contribution is 2.36. The maximum atomic E-state index is 13.0. The summed E-state index contributed by atoms with van der Waals surface area (Å²) < 4.78 is 1.16. The number of carbonyl (C=O) groups is 1. The van der Waals surface area contributed by atoms with Crippen LogP contribution in [0.4, 0.5) is 0 Å². The van der Waals surface area contributed by atoms with E-state index in [4.69, 9.17) is 10.2 Å². The molecule has 1 atom stereocenters. The molecule has 3 aromatic rings. The molecule has 124 valence electrons. The number of nitriles is 1. The van der Waals surface area contributed by atoms with E-state index in [1.54, 1.807) is 35.6 Å². The first-order chi connectivity index (χ1) is 12.3. The van der Waals surface area contributed by atoms with Crippen LogP contribution in [0.3, 0.4) is 0 Å². The Morgan fingerprint density at radius 3 is 2.72 bits per heavy atom. The van der Waals surface area contributed by atoms with E-state index in [-0.39, 0.29) is 11.9 Å². The third-order valence-corrected chi connectivity index (χ3v) is 5.76. The van der Waals surface area contributed by atoms with Crippen molar-refractivity contribution in [2.45, 2.75) is 25.3 Å². The summed E-state index contributed by atoms with van der Waals surface area (Å²) >= 11 is 1.68. The van der Waals surface area contributed by atoms with Crippen LogP contribution in [0.2, 0.25) is 0 Å². The Hall–Kier alpha value is -2.71. The summed E-state index contributed by atoms with van der Waals surface area (Å²) in [6.45, 7) is 0.749. The second kappa shape index (κ2) is 6.66. The van der Waals surface area contributed by atoms with E-state index in [1.807, 2.05) is 23.1 Å². The molecule has 0 bridgehead atoms. The largest absolute Gasteiger partial charge is 0.329 e. The number of hydrogen-bond acceptors (Lipinski definition) is 4. The van der Waals surface area contributed by atoms with Gasteiger partial charge in [-0.15, -0.1) is 11.3 Å². The summed E-state index contributed by atoms with van der Waals surface area (Å²) in [7, 11) is 0. The molecule has 1 amide bonds. The molecular formula is C20H17N3OS. The van der Waals surface area contributed by atoms with E-state index in [1.165, 1.54) is 0 Å². The second-order valence-corrected chi connectivity index (χ2v) is 7.28. The molecule has 0 spiro atoms. The molecule has 0 saturated carbocycles. The highest BCUT2D eigenvalue weighted by molar-refractivity contribution is 7.18. The zero-order valence-corrected chi connectivity index (χ0v) is 14.5. The third-order valence-electron chi connectivity index (χ3n) is 4.62. The Kier molecular flexibility index (Phi) is 4.21. The Bertz CT molecular complexity index is 922. The van der Waals surface area contributed by atoms with Crippen molar-refractivity contribution in [2.75, 3.05) is 6.54 Å². The molecule has 1 saturated heterocycles. The molecule has 1 unspecified atom stereocenters. The standard InChI is InChI=1S/C20H17N3OS/c21-13-14-8-10-15(11-9-14)20(24)23-12-4-3-6-17(23)19-22-16-5-1-2-7-18(16)25-19/h1-2,5,7-11,17H,3-4,6,12H2. The number of nitrogens with zero attached hydrogens (tertiary/aromatic N) is 3. The van der Waals surface area contributed by atoms with Gasteiger partial charge in [0.15, 0.2) is 0 Å². The van der Waals surface area contributed by atoms with E-state index in [2.05, 4.69) is 12.1 Å². The lowest BCUT2D eigenvalue weighted by Crippen LogP contribution is -2.38. The molecule has 5 heteroatoms. The average molecular weight is 347 g/mol. The van der Waals surface area contributed by atoms with Crippen LogP contribution in [0.1, 0.15) is 46.2 Å². The number of aromatic nitrogens is 1. The summed E-state index contributed by atoms with van der Waals surface area (Å²) in [5, 5.41) is 9.94. The lowest BCUT2D eigenvalue weighted by atomic mass is 10.0. The average Bonchev–Trinajstić information content (AvgIpc) is 3.11. The molecule has 2 aromatic carbocycles. The van der Waals surface area contributed by atoms with Gasteiger partial charge in [-0.3, -0.25) is 4.79 Å². The quantitative estimate of drug-likeness (QED) is 0.684. The van der Waals surface area contributed by atoms with Crippen molar-refractivity contribution in [3.63, 3.8) is 0 Å². The second-order valence-electron chi connectivity index (χ2n) is 6.22.